The molecule has 0 saturated carbocycles. The molecule has 104 valence electrons. The molecule has 0 aliphatic carbocycles. The molecule has 0 heterocycles. The summed E-state index contributed by atoms with van der Waals surface area (Å²) in [5.74, 6) is 9.75. The SMILES string of the molecule is C#Cc1ccc(C#Cc2ccc(OCCCC)cc2)cc1. The topological polar surface area (TPSA) is 9.23 Å². The molecule has 0 amide bonds. The third kappa shape index (κ3) is 4.75. The fraction of sp³-hybridized carbons (Fsp3) is 0.200. The Morgan fingerprint density at radius 3 is 1.90 bits per heavy atom. The zero-order valence-electron chi connectivity index (χ0n) is 12.2. The monoisotopic (exact) mass is 274 g/mol. The average molecular weight is 274 g/mol. The van der Waals surface area contributed by atoms with Crippen LogP contribution in [0.1, 0.15) is 36.5 Å². The van der Waals surface area contributed by atoms with Crippen LogP contribution in [0.15, 0.2) is 48.5 Å². The Bertz CT molecular complexity index is 661. The van der Waals surface area contributed by atoms with Crippen LogP contribution in [-0.2, 0) is 0 Å². The second-order valence-corrected chi connectivity index (χ2v) is 4.70. The fourth-order valence-electron chi connectivity index (χ4n) is 1.76. The zero-order chi connectivity index (χ0) is 14.9. The third-order valence-electron chi connectivity index (χ3n) is 3.02. The van der Waals surface area contributed by atoms with Crippen molar-refractivity contribution in [3.05, 3.63) is 65.2 Å². The standard InChI is InChI=1S/C20H18O/c1-3-5-16-21-20-14-12-19(13-15-20)11-10-18-8-6-17(4-2)7-9-18/h2,6-9,12-15H,3,5,16H2,1H3. The highest BCUT2D eigenvalue weighted by Crippen LogP contribution is 2.12. The van der Waals surface area contributed by atoms with Gasteiger partial charge < -0.3 is 4.74 Å². The summed E-state index contributed by atoms with van der Waals surface area (Å²) < 4.78 is 5.62. The lowest BCUT2D eigenvalue weighted by molar-refractivity contribution is 0.309. The van der Waals surface area contributed by atoms with Crippen LogP contribution >= 0.6 is 0 Å². The molecule has 2 rings (SSSR count). The van der Waals surface area contributed by atoms with E-state index in [1.807, 2.05) is 48.5 Å². The number of hydrogen-bond donors (Lipinski definition) is 0. The van der Waals surface area contributed by atoms with Gasteiger partial charge in [0.05, 0.1) is 6.61 Å². The Morgan fingerprint density at radius 1 is 0.857 bits per heavy atom. The van der Waals surface area contributed by atoms with Gasteiger partial charge in [0.2, 0.25) is 0 Å². The summed E-state index contributed by atoms with van der Waals surface area (Å²) in [6, 6.07) is 15.5. The number of unbranched alkanes of at least 4 members (excludes halogenated alkanes) is 1. The van der Waals surface area contributed by atoms with E-state index in [0.717, 1.165) is 41.9 Å². The van der Waals surface area contributed by atoms with Crippen LogP contribution in [0.3, 0.4) is 0 Å². The predicted molar refractivity (Wildman–Crippen MR) is 87.2 cm³/mol. The van der Waals surface area contributed by atoms with Gasteiger partial charge in [-0.1, -0.05) is 31.1 Å². The Labute approximate surface area is 127 Å². The normalized spacial score (nSPS) is 9.33. The smallest absolute Gasteiger partial charge is 0.119 e. The van der Waals surface area contributed by atoms with Crippen LogP contribution < -0.4 is 4.74 Å². The van der Waals surface area contributed by atoms with Gasteiger partial charge >= 0.3 is 0 Å². The molecule has 0 aliphatic rings. The Balaban J connectivity index is 2.00. The van der Waals surface area contributed by atoms with Crippen molar-refractivity contribution in [2.75, 3.05) is 6.61 Å². The number of ether oxygens (including phenoxy) is 1. The van der Waals surface area contributed by atoms with Crippen molar-refractivity contribution in [3.8, 4) is 29.9 Å². The Morgan fingerprint density at radius 2 is 1.38 bits per heavy atom. The first-order chi connectivity index (χ1) is 10.3. The summed E-state index contributed by atoms with van der Waals surface area (Å²) >= 11 is 0. The molecular formula is C20H18O. The Hall–Kier alpha value is -2.64. The van der Waals surface area contributed by atoms with Crippen molar-refractivity contribution in [1.82, 2.24) is 0 Å². The van der Waals surface area contributed by atoms with Gasteiger partial charge in [-0.25, -0.2) is 0 Å². The average Bonchev–Trinajstić information content (AvgIpc) is 2.55. The largest absolute Gasteiger partial charge is 0.494 e. The first-order valence-corrected chi connectivity index (χ1v) is 7.13. The summed E-state index contributed by atoms with van der Waals surface area (Å²) in [7, 11) is 0. The maximum Gasteiger partial charge on any atom is 0.119 e. The highest BCUT2D eigenvalue weighted by Gasteiger charge is 1.93. The fourth-order valence-corrected chi connectivity index (χ4v) is 1.76. The number of benzene rings is 2. The molecule has 0 bridgehead atoms. The molecule has 0 fully saturated rings. The third-order valence-corrected chi connectivity index (χ3v) is 3.02. The molecule has 0 aliphatic heterocycles. The second-order valence-electron chi connectivity index (χ2n) is 4.70. The molecule has 0 spiro atoms. The minimum absolute atomic E-state index is 0.767. The highest BCUT2D eigenvalue weighted by atomic mass is 16.5. The molecule has 2 aromatic carbocycles. The van der Waals surface area contributed by atoms with Gasteiger partial charge in [-0.2, -0.15) is 0 Å². The molecule has 0 unspecified atom stereocenters. The molecule has 2 aromatic rings. The number of hydrogen-bond acceptors (Lipinski definition) is 1. The van der Waals surface area contributed by atoms with Crippen LogP contribution in [-0.4, -0.2) is 6.61 Å². The van der Waals surface area contributed by atoms with E-state index in [-0.39, 0.29) is 0 Å². The van der Waals surface area contributed by atoms with Gasteiger partial charge in [0, 0.05) is 16.7 Å². The van der Waals surface area contributed by atoms with Crippen molar-refractivity contribution in [1.29, 1.82) is 0 Å². The van der Waals surface area contributed by atoms with Crippen LogP contribution in [0.2, 0.25) is 0 Å². The molecule has 21 heavy (non-hydrogen) atoms. The zero-order valence-corrected chi connectivity index (χ0v) is 12.2. The van der Waals surface area contributed by atoms with E-state index in [1.54, 1.807) is 0 Å². The summed E-state index contributed by atoms with van der Waals surface area (Å²) in [6.07, 6.45) is 7.54. The Kier molecular flexibility index (Phi) is 5.50. The van der Waals surface area contributed by atoms with E-state index in [2.05, 4.69) is 24.7 Å². The molecule has 1 nitrogen and oxygen atoms in total. The maximum atomic E-state index is 5.62. The maximum absolute atomic E-state index is 5.62. The lowest BCUT2D eigenvalue weighted by atomic mass is 10.1. The van der Waals surface area contributed by atoms with Crippen LogP contribution in [0.5, 0.6) is 5.75 Å². The van der Waals surface area contributed by atoms with E-state index in [1.165, 1.54) is 0 Å². The molecule has 0 radical (unpaired) electrons. The van der Waals surface area contributed by atoms with Crippen molar-refractivity contribution in [2.24, 2.45) is 0 Å². The first-order valence-electron chi connectivity index (χ1n) is 7.13. The quantitative estimate of drug-likeness (QED) is 0.598. The molecule has 1 heteroatoms. The van der Waals surface area contributed by atoms with Crippen molar-refractivity contribution in [2.45, 2.75) is 19.8 Å². The van der Waals surface area contributed by atoms with E-state index in [4.69, 9.17) is 11.2 Å². The lowest BCUT2D eigenvalue weighted by Crippen LogP contribution is -1.95. The van der Waals surface area contributed by atoms with Crippen molar-refractivity contribution in [3.63, 3.8) is 0 Å². The van der Waals surface area contributed by atoms with Gasteiger partial charge in [0.15, 0.2) is 0 Å². The van der Waals surface area contributed by atoms with Crippen molar-refractivity contribution >= 4 is 0 Å². The summed E-state index contributed by atoms with van der Waals surface area (Å²) in [6.45, 7) is 2.92. The molecule has 0 N–H and O–H groups in total. The predicted octanol–water partition coefficient (Wildman–Crippen LogP) is 4.25. The minimum atomic E-state index is 0.767. The lowest BCUT2D eigenvalue weighted by Gasteiger charge is -2.04. The molecular weight excluding hydrogens is 256 g/mol. The van der Waals surface area contributed by atoms with E-state index in [0.29, 0.717) is 0 Å². The van der Waals surface area contributed by atoms with Gasteiger partial charge in [0.25, 0.3) is 0 Å². The molecule has 0 aromatic heterocycles. The van der Waals surface area contributed by atoms with Gasteiger partial charge in [-0.15, -0.1) is 6.42 Å². The van der Waals surface area contributed by atoms with Crippen LogP contribution in [0.25, 0.3) is 0 Å². The first kappa shape index (κ1) is 14.8. The number of terminal acetylenes is 1. The van der Waals surface area contributed by atoms with Crippen molar-refractivity contribution < 1.29 is 4.74 Å². The van der Waals surface area contributed by atoms with Crippen LogP contribution in [0.4, 0.5) is 0 Å². The number of rotatable bonds is 4. The van der Waals surface area contributed by atoms with E-state index in [9.17, 15) is 0 Å². The second kappa shape index (κ2) is 7.83. The summed E-state index contributed by atoms with van der Waals surface area (Å²) in [5, 5.41) is 0. The van der Waals surface area contributed by atoms with E-state index < -0.39 is 0 Å². The summed E-state index contributed by atoms with van der Waals surface area (Å²) in [4.78, 5) is 0. The molecule has 0 atom stereocenters. The van der Waals surface area contributed by atoms with Gasteiger partial charge in [-0.05, 0) is 55.0 Å². The highest BCUT2D eigenvalue weighted by molar-refractivity contribution is 5.46. The summed E-state index contributed by atoms with van der Waals surface area (Å²) in [5.41, 5.74) is 2.80. The van der Waals surface area contributed by atoms with E-state index >= 15 is 0 Å². The molecule has 0 saturated heterocycles. The van der Waals surface area contributed by atoms with Crippen LogP contribution in [0, 0.1) is 24.2 Å². The minimum Gasteiger partial charge on any atom is -0.494 e. The van der Waals surface area contributed by atoms with Gasteiger partial charge in [0.1, 0.15) is 5.75 Å². The van der Waals surface area contributed by atoms with Gasteiger partial charge in [-0.3, -0.25) is 0 Å².